The molecular weight excluding hydrogens is 295 g/mol. The number of hydrogen-bond acceptors (Lipinski definition) is 3. The van der Waals surface area contributed by atoms with Crippen molar-refractivity contribution in [3.05, 3.63) is 52.9 Å². The maximum absolute atomic E-state index is 14.0. The fourth-order valence-electron chi connectivity index (χ4n) is 1.88. The van der Waals surface area contributed by atoms with Crippen LogP contribution < -0.4 is 5.32 Å². The molecule has 1 aliphatic carbocycles. The van der Waals surface area contributed by atoms with E-state index in [0.29, 0.717) is 23.2 Å². The van der Waals surface area contributed by atoms with Crippen molar-refractivity contribution in [2.75, 3.05) is 0 Å². The lowest BCUT2D eigenvalue weighted by Gasteiger charge is -2.10. The fourth-order valence-corrected chi connectivity index (χ4v) is 2.89. The zero-order chi connectivity index (χ0) is 13.9. The van der Waals surface area contributed by atoms with E-state index in [2.05, 4.69) is 10.3 Å². The summed E-state index contributed by atoms with van der Waals surface area (Å²) in [6, 6.07) is 9.35. The molecule has 1 aliphatic rings. The van der Waals surface area contributed by atoms with Crippen molar-refractivity contribution in [1.29, 1.82) is 0 Å². The number of rotatable bonds is 5. The van der Waals surface area contributed by atoms with Gasteiger partial charge in [0.2, 0.25) is 0 Å². The molecule has 0 saturated heterocycles. The molecule has 2 aromatic rings. The first kappa shape index (κ1) is 13.9. The van der Waals surface area contributed by atoms with Gasteiger partial charge in [-0.1, -0.05) is 29.4 Å². The molecule has 1 saturated carbocycles. The van der Waals surface area contributed by atoms with Crippen LogP contribution in [0, 0.1) is 5.82 Å². The van der Waals surface area contributed by atoms with Crippen LogP contribution in [0.1, 0.15) is 18.4 Å². The molecule has 2 nitrogen and oxygen atoms in total. The van der Waals surface area contributed by atoms with Crippen LogP contribution in [0.3, 0.4) is 0 Å². The average Bonchev–Trinajstić information content (AvgIpc) is 3.25. The van der Waals surface area contributed by atoms with Crippen molar-refractivity contribution in [1.82, 2.24) is 10.3 Å². The molecule has 20 heavy (non-hydrogen) atoms. The van der Waals surface area contributed by atoms with Crippen molar-refractivity contribution < 1.29 is 4.39 Å². The standard InChI is InChI=1S/C15H14ClFN2S/c16-10-4-7-15(19-8-10)20-14-3-1-2-13(17)12(14)9-18-11-5-6-11/h1-4,7-8,11,18H,5-6,9H2. The Labute approximate surface area is 126 Å². The summed E-state index contributed by atoms with van der Waals surface area (Å²) in [4.78, 5) is 5.14. The largest absolute Gasteiger partial charge is 0.310 e. The van der Waals surface area contributed by atoms with E-state index in [9.17, 15) is 4.39 Å². The summed E-state index contributed by atoms with van der Waals surface area (Å²) in [5.41, 5.74) is 0.709. The Morgan fingerprint density at radius 2 is 2.15 bits per heavy atom. The van der Waals surface area contributed by atoms with Crippen molar-refractivity contribution in [2.45, 2.75) is 35.3 Å². The van der Waals surface area contributed by atoms with Crippen LogP contribution in [-0.4, -0.2) is 11.0 Å². The first-order valence-electron chi connectivity index (χ1n) is 6.52. The van der Waals surface area contributed by atoms with E-state index in [-0.39, 0.29) is 5.82 Å². The van der Waals surface area contributed by atoms with Gasteiger partial charge >= 0.3 is 0 Å². The first-order valence-corrected chi connectivity index (χ1v) is 7.72. The number of halogens is 2. The van der Waals surface area contributed by atoms with Crippen LogP contribution in [0.25, 0.3) is 0 Å². The van der Waals surface area contributed by atoms with Crippen LogP contribution >= 0.6 is 23.4 Å². The smallest absolute Gasteiger partial charge is 0.128 e. The number of nitrogens with zero attached hydrogens (tertiary/aromatic N) is 1. The highest BCUT2D eigenvalue weighted by Crippen LogP contribution is 2.31. The van der Waals surface area contributed by atoms with Gasteiger partial charge in [0.1, 0.15) is 10.8 Å². The van der Waals surface area contributed by atoms with Gasteiger partial charge in [-0.3, -0.25) is 0 Å². The molecule has 0 unspecified atom stereocenters. The van der Waals surface area contributed by atoms with Crippen LogP contribution in [0.5, 0.6) is 0 Å². The molecule has 3 rings (SSSR count). The summed E-state index contributed by atoms with van der Waals surface area (Å²) in [5, 5.41) is 4.77. The maximum Gasteiger partial charge on any atom is 0.128 e. The Bertz CT molecular complexity index is 599. The highest BCUT2D eigenvalue weighted by atomic mass is 35.5. The lowest BCUT2D eigenvalue weighted by atomic mass is 10.2. The van der Waals surface area contributed by atoms with E-state index in [1.54, 1.807) is 18.3 Å². The van der Waals surface area contributed by atoms with E-state index in [4.69, 9.17) is 11.6 Å². The van der Waals surface area contributed by atoms with Crippen molar-refractivity contribution in [3.8, 4) is 0 Å². The van der Waals surface area contributed by atoms with Gasteiger partial charge < -0.3 is 5.32 Å². The van der Waals surface area contributed by atoms with Gasteiger partial charge in [-0.25, -0.2) is 9.37 Å². The number of benzene rings is 1. The molecule has 0 radical (unpaired) electrons. The molecule has 1 N–H and O–H groups in total. The Morgan fingerprint density at radius 1 is 1.30 bits per heavy atom. The van der Waals surface area contributed by atoms with Crippen LogP contribution in [0.2, 0.25) is 5.02 Å². The Balaban J connectivity index is 1.80. The molecule has 0 aliphatic heterocycles. The SMILES string of the molecule is Fc1cccc(Sc2ccc(Cl)cn2)c1CNC1CC1. The second-order valence-corrected chi connectivity index (χ2v) is 6.29. The predicted octanol–water partition coefficient (Wildman–Crippen LogP) is 4.28. The topological polar surface area (TPSA) is 24.9 Å². The molecule has 0 atom stereocenters. The van der Waals surface area contributed by atoms with E-state index in [0.717, 1.165) is 9.92 Å². The lowest BCUT2D eigenvalue weighted by molar-refractivity contribution is 0.579. The van der Waals surface area contributed by atoms with Gasteiger partial charge in [0.25, 0.3) is 0 Å². The normalized spacial score (nSPS) is 14.5. The highest BCUT2D eigenvalue weighted by molar-refractivity contribution is 7.99. The van der Waals surface area contributed by atoms with Gasteiger partial charge in [-0.05, 0) is 37.1 Å². The van der Waals surface area contributed by atoms with Crippen molar-refractivity contribution in [3.63, 3.8) is 0 Å². The maximum atomic E-state index is 14.0. The zero-order valence-electron chi connectivity index (χ0n) is 10.8. The van der Waals surface area contributed by atoms with Crippen LogP contribution in [0.4, 0.5) is 4.39 Å². The first-order chi connectivity index (χ1) is 9.72. The minimum Gasteiger partial charge on any atom is -0.310 e. The molecule has 0 spiro atoms. The van der Waals surface area contributed by atoms with Gasteiger partial charge in [-0.15, -0.1) is 0 Å². The molecule has 1 aromatic heterocycles. The average molecular weight is 309 g/mol. The monoisotopic (exact) mass is 308 g/mol. The Kier molecular flexibility index (Phi) is 4.24. The summed E-state index contributed by atoms with van der Waals surface area (Å²) in [7, 11) is 0. The number of pyridine rings is 1. The molecule has 0 amide bonds. The summed E-state index contributed by atoms with van der Waals surface area (Å²) in [5.74, 6) is -0.169. The van der Waals surface area contributed by atoms with E-state index in [1.807, 2.05) is 12.1 Å². The van der Waals surface area contributed by atoms with E-state index >= 15 is 0 Å². The highest BCUT2D eigenvalue weighted by Gasteiger charge is 2.21. The second-order valence-electron chi connectivity index (χ2n) is 4.79. The van der Waals surface area contributed by atoms with Gasteiger partial charge in [0.15, 0.2) is 0 Å². The number of aromatic nitrogens is 1. The van der Waals surface area contributed by atoms with E-state index in [1.165, 1.54) is 30.7 Å². The van der Waals surface area contributed by atoms with Gasteiger partial charge in [0, 0.05) is 29.2 Å². The molecule has 1 heterocycles. The molecule has 5 heteroatoms. The minimum absolute atomic E-state index is 0.169. The predicted molar refractivity (Wildman–Crippen MR) is 79.6 cm³/mol. The third-order valence-corrected chi connectivity index (χ3v) is 4.41. The second kappa shape index (κ2) is 6.12. The summed E-state index contributed by atoms with van der Waals surface area (Å²) in [6.07, 6.45) is 3.98. The van der Waals surface area contributed by atoms with Gasteiger partial charge in [0.05, 0.1) is 5.02 Å². The number of hydrogen-bond donors (Lipinski definition) is 1. The number of nitrogens with one attached hydrogen (secondary N) is 1. The minimum atomic E-state index is -0.169. The Morgan fingerprint density at radius 3 is 2.85 bits per heavy atom. The van der Waals surface area contributed by atoms with E-state index < -0.39 is 0 Å². The third kappa shape index (κ3) is 3.51. The zero-order valence-corrected chi connectivity index (χ0v) is 12.3. The van der Waals surface area contributed by atoms with Crippen molar-refractivity contribution >= 4 is 23.4 Å². The third-order valence-electron chi connectivity index (χ3n) is 3.14. The molecular formula is C15H14ClFN2S. The van der Waals surface area contributed by atoms with Crippen LogP contribution in [0.15, 0.2) is 46.5 Å². The summed E-state index contributed by atoms with van der Waals surface area (Å²) < 4.78 is 14.0. The fraction of sp³-hybridized carbons (Fsp3) is 0.267. The molecule has 0 bridgehead atoms. The molecule has 1 fully saturated rings. The van der Waals surface area contributed by atoms with Crippen molar-refractivity contribution in [2.24, 2.45) is 0 Å². The Hall–Kier alpha value is -1.10. The molecule has 104 valence electrons. The van der Waals surface area contributed by atoms with Gasteiger partial charge in [-0.2, -0.15) is 0 Å². The summed E-state index contributed by atoms with van der Waals surface area (Å²) >= 11 is 7.28. The quantitative estimate of drug-likeness (QED) is 0.892. The lowest BCUT2D eigenvalue weighted by Crippen LogP contribution is -2.16. The molecule has 1 aromatic carbocycles. The van der Waals surface area contributed by atoms with Crippen LogP contribution in [-0.2, 0) is 6.54 Å². The summed E-state index contributed by atoms with van der Waals surface area (Å²) in [6.45, 7) is 0.563.